The lowest BCUT2D eigenvalue weighted by Gasteiger charge is -2.10. The van der Waals surface area contributed by atoms with Gasteiger partial charge in [-0.2, -0.15) is 13.2 Å². The van der Waals surface area contributed by atoms with Crippen LogP contribution in [-0.4, -0.2) is 14.4 Å². The van der Waals surface area contributed by atoms with E-state index in [4.69, 9.17) is 0 Å². The number of hydrogen-bond acceptors (Lipinski definition) is 2. The van der Waals surface area contributed by atoms with Crippen LogP contribution in [0.25, 0.3) is 16.8 Å². The Labute approximate surface area is 99.9 Å². The molecule has 0 aliphatic rings. The normalized spacial score (nSPS) is 12.4. The van der Waals surface area contributed by atoms with E-state index in [-0.39, 0.29) is 5.78 Å². The van der Waals surface area contributed by atoms with Gasteiger partial charge in [-0.25, -0.2) is 9.97 Å². The van der Waals surface area contributed by atoms with Gasteiger partial charge in [-0.3, -0.25) is 4.40 Å². The summed E-state index contributed by atoms with van der Waals surface area (Å²) in [6.07, 6.45) is -4.44. The lowest BCUT2D eigenvalue weighted by Crippen LogP contribution is -2.12. The van der Waals surface area contributed by atoms with Crippen molar-refractivity contribution in [3.63, 3.8) is 0 Å². The van der Waals surface area contributed by atoms with Crippen molar-refractivity contribution in [2.75, 3.05) is 0 Å². The summed E-state index contributed by atoms with van der Waals surface area (Å²) < 4.78 is 40.1. The van der Waals surface area contributed by atoms with Crippen molar-refractivity contribution in [3.8, 4) is 0 Å². The molecule has 0 radical (unpaired) electrons. The number of aryl methyl sites for hydroxylation is 1. The molecular formula is C12H8F3N3. The molecule has 6 heteroatoms. The Morgan fingerprint density at radius 3 is 2.56 bits per heavy atom. The van der Waals surface area contributed by atoms with E-state index in [9.17, 15) is 13.2 Å². The minimum Gasteiger partial charge on any atom is -0.272 e. The van der Waals surface area contributed by atoms with Crippen molar-refractivity contribution in [2.24, 2.45) is 0 Å². The van der Waals surface area contributed by atoms with E-state index in [0.717, 1.165) is 10.5 Å². The maximum absolute atomic E-state index is 13.0. The second kappa shape index (κ2) is 3.44. The average Bonchev–Trinajstić information content (AvgIpc) is 2.64. The third-order valence-electron chi connectivity index (χ3n) is 2.70. The molecule has 2 aromatic heterocycles. The van der Waals surface area contributed by atoms with Crippen molar-refractivity contribution < 1.29 is 13.2 Å². The van der Waals surface area contributed by atoms with Crippen molar-refractivity contribution in [2.45, 2.75) is 13.1 Å². The molecule has 3 aromatic rings. The SMILES string of the molecule is Cc1cc(C(F)(F)F)n2c(n1)nc1ccccc12. The lowest BCUT2D eigenvalue weighted by atomic mass is 10.3. The zero-order chi connectivity index (χ0) is 12.9. The number of halogens is 3. The first kappa shape index (κ1) is 11.0. The quantitative estimate of drug-likeness (QED) is 0.614. The van der Waals surface area contributed by atoms with Gasteiger partial charge in [0, 0.05) is 5.69 Å². The number of hydrogen-bond donors (Lipinski definition) is 0. The summed E-state index contributed by atoms with van der Waals surface area (Å²) >= 11 is 0. The van der Waals surface area contributed by atoms with Crippen molar-refractivity contribution in [1.29, 1.82) is 0 Å². The second-order valence-electron chi connectivity index (χ2n) is 4.02. The number of aromatic nitrogens is 3. The van der Waals surface area contributed by atoms with Crippen molar-refractivity contribution in [1.82, 2.24) is 14.4 Å². The third kappa shape index (κ3) is 1.53. The molecule has 0 bridgehead atoms. The van der Waals surface area contributed by atoms with Gasteiger partial charge in [-0.05, 0) is 25.1 Å². The molecule has 3 rings (SSSR count). The molecule has 0 N–H and O–H groups in total. The van der Waals surface area contributed by atoms with Crippen LogP contribution in [0.4, 0.5) is 13.2 Å². The smallest absolute Gasteiger partial charge is 0.272 e. The van der Waals surface area contributed by atoms with Gasteiger partial charge in [0.2, 0.25) is 5.78 Å². The summed E-state index contributed by atoms with van der Waals surface area (Å²) in [5.74, 6) is 0.0727. The zero-order valence-electron chi connectivity index (χ0n) is 9.36. The summed E-state index contributed by atoms with van der Waals surface area (Å²) in [5.41, 5.74) is 0.456. The molecule has 0 saturated carbocycles. The molecule has 1 aromatic carbocycles. The number of nitrogens with zero attached hydrogens (tertiary/aromatic N) is 3. The lowest BCUT2D eigenvalue weighted by molar-refractivity contribution is -0.141. The predicted molar refractivity (Wildman–Crippen MR) is 60.2 cm³/mol. The first-order valence-corrected chi connectivity index (χ1v) is 5.29. The maximum atomic E-state index is 13.0. The summed E-state index contributed by atoms with van der Waals surface area (Å²) in [5, 5.41) is 0. The van der Waals surface area contributed by atoms with Gasteiger partial charge in [0.1, 0.15) is 5.69 Å². The third-order valence-corrected chi connectivity index (χ3v) is 2.70. The molecule has 3 nitrogen and oxygen atoms in total. The molecule has 18 heavy (non-hydrogen) atoms. The predicted octanol–water partition coefficient (Wildman–Crippen LogP) is 3.21. The van der Waals surface area contributed by atoms with Crippen LogP contribution in [0.2, 0.25) is 0 Å². The van der Waals surface area contributed by atoms with Gasteiger partial charge >= 0.3 is 6.18 Å². The van der Waals surface area contributed by atoms with Crippen LogP contribution in [0.1, 0.15) is 11.4 Å². The number of fused-ring (bicyclic) bond motifs is 3. The molecule has 0 spiro atoms. The summed E-state index contributed by atoms with van der Waals surface area (Å²) in [4.78, 5) is 8.14. The Morgan fingerprint density at radius 2 is 1.83 bits per heavy atom. The van der Waals surface area contributed by atoms with Crippen LogP contribution in [0.15, 0.2) is 30.3 Å². The van der Waals surface area contributed by atoms with Crippen LogP contribution in [-0.2, 0) is 6.18 Å². The van der Waals surface area contributed by atoms with Crippen molar-refractivity contribution in [3.05, 3.63) is 41.7 Å². The first-order chi connectivity index (χ1) is 8.47. The van der Waals surface area contributed by atoms with E-state index in [1.165, 1.54) is 6.92 Å². The average molecular weight is 251 g/mol. The van der Waals surface area contributed by atoms with Crippen LogP contribution in [0, 0.1) is 6.92 Å². The standard InChI is InChI=1S/C12H8F3N3/c1-7-6-10(12(13,14)15)18-9-5-3-2-4-8(9)17-11(18)16-7/h2-6H,1H3. The molecule has 0 unspecified atom stereocenters. The Hall–Kier alpha value is -2.11. The minimum atomic E-state index is -4.44. The fraction of sp³-hybridized carbons (Fsp3) is 0.167. The van der Waals surface area contributed by atoms with Crippen LogP contribution >= 0.6 is 0 Å². The molecule has 0 amide bonds. The molecule has 0 aliphatic heterocycles. The highest BCUT2D eigenvalue weighted by molar-refractivity contribution is 5.79. The first-order valence-electron chi connectivity index (χ1n) is 5.29. The Kier molecular flexibility index (Phi) is 2.10. The topological polar surface area (TPSA) is 30.2 Å². The van der Waals surface area contributed by atoms with Crippen LogP contribution in [0.5, 0.6) is 0 Å². The number of rotatable bonds is 0. The minimum absolute atomic E-state index is 0.0727. The number of alkyl halides is 3. The monoisotopic (exact) mass is 251 g/mol. The molecule has 0 fully saturated rings. The zero-order valence-corrected chi connectivity index (χ0v) is 9.36. The Morgan fingerprint density at radius 1 is 1.11 bits per heavy atom. The van der Waals surface area contributed by atoms with Gasteiger partial charge in [0.05, 0.1) is 11.0 Å². The fourth-order valence-electron chi connectivity index (χ4n) is 1.99. The van der Waals surface area contributed by atoms with E-state index in [0.29, 0.717) is 16.7 Å². The van der Waals surface area contributed by atoms with Gasteiger partial charge in [-0.15, -0.1) is 0 Å². The highest BCUT2D eigenvalue weighted by Crippen LogP contribution is 2.31. The van der Waals surface area contributed by atoms with Gasteiger partial charge in [0.25, 0.3) is 0 Å². The van der Waals surface area contributed by atoms with E-state index >= 15 is 0 Å². The maximum Gasteiger partial charge on any atom is 0.431 e. The highest BCUT2D eigenvalue weighted by atomic mass is 19.4. The summed E-state index contributed by atoms with van der Waals surface area (Å²) in [7, 11) is 0. The number of imidazole rings is 1. The fourth-order valence-corrected chi connectivity index (χ4v) is 1.99. The molecule has 0 saturated heterocycles. The summed E-state index contributed by atoms with van der Waals surface area (Å²) in [6, 6.07) is 7.70. The molecule has 2 heterocycles. The van der Waals surface area contributed by atoms with Gasteiger partial charge in [0.15, 0.2) is 0 Å². The Balaban J connectivity index is 2.54. The van der Waals surface area contributed by atoms with Crippen LogP contribution in [0.3, 0.4) is 0 Å². The van der Waals surface area contributed by atoms with Crippen molar-refractivity contribution >= 4 is 16.8 Å². The second-order valence-corrected chi connectivity index (χ2v) is 4.02. The van der Waals surface area contributed by atoms with E-state index in [2.05, 4.69) is 9.97 Å². The van der Waals surface area contributed by atoms with Gasteiger partial charge < -0.3 is 0 Å². The molecular weight excluding hydrogens is 243 g/mol. The van der Waals surface area contributed by atoms with Crippen LogP contribution < -0.4 is 0 Å². The molecule has 0 aliphatic carbocycles. The van der Waals surface area contributed by atoms with E-state index < -0.39 is 11.9 Å². The number of para-hydroxylation sites is 2. The van der Waals surface area contributed by atoms with E-state index in [1.807, 2.05) is 0 Å². The Bertz CT molecular complexity index is 743. The number of benzene rings is 1. The van der Waals surface area contributed by atoms with Gasteiger partial charge in [-0.1, -0.05) is 12.1 Å². The molecule has 0 atom stereocenters. The summed E-state index contributed by atoms with van der Waals surface area (Å²) in [6.45, 7) is 1.52. The largest absolute Gasteiger partial charge is 0.431 e. The van der Waals surface area contributed by atoms with E-state index in [1.54, 1.807) is 24.3 Å². The molecule has 92 valence electrons. The highest BCUT2D eigenvalue weighted by Gasteiger charge is 2.34.